The Bertz CT molecular complexity index is 440. The van der Waals surface area contributed by atoms with E-state index in [9.17, 15) is 4.79 Å². The topological polar surface area (TPSA) is 46.3 Å². The molecule has 1 unspecified atom stereocenters. The standard InChI is InChI=1S/C14H20N2O/c1-9(2)16-8-12-5-4-11(10(3)7-15)6-13(12)14(16)17/h4-6,9-10H,7-8,15H2,1-3H3. The van der Waals surface area contributed by atoms with Crippen LogP contribution in [0, 0.1) is 0 Å². The van der Waals surface area contributed by atoms with Crippen LogP contribution in [-0.4, -0.2) is 23.4 Å². The van der Waals surface area contributed by atoms with Crippen molar-refractivity contribution in [3.63, 3.8) is 0 Å². The quantitative estimate of drug-likeness (QED) is 0.867. The van der Waals surface area contributed by atoms with Gasteiger partial charge in [0.25, 0.3) is 5.91 Å². The van der Waals surface area contributed by atoms with Gasteiger partial charge in [-0.1, -0.05) is 19.1 Å². The van der Waals surface area contributed by atoms with Crippen molar-refractivity contribution in [2.24, 2.45) is 5.73 Å². The van der Waals surface area contributed by atoms with E-state index in [0.717, 1.165) is 23.2 Å². The Hall–Kier alpha value is -1.35. The molecule has 1 amide bonds. The summed E-state index contributed by atoms with van der Waals surface area (Å²) in [6, 6.07) is 6.42. The Kier molecular flexibility index (Phi) is 3.20. The van der Waals surface area contributed by atoms with Crippen molar-refractivity contribution < 1.29 is 4.79 Å². The van der Waals surface area contributed by atoms with Crippen molar-refractivity contribution in [2.75, 3.05) is 6.54 Å². The number of carbonyl (C=O) groups excluding carboxylic acids is 1. The number of carbonyl (C=O) groups is 1. The molecule has 0 bridgehead atoms. The monoisotopic (exact) mass is 232 g/mol. The SMILES string of the molecule is CC(CN)c1ccc2c(c1)C(=O)N(C(C)C)C2. The zero-order valence-corrected chi connectivity index (χ0v) is 10.7. The van der Waals surface area contributed by atoms with Crippen LogP contribution in [0.4, 0.5) is 0 Å². The maximum Gasteiger partial charge on any atom is 0.254 e. The van der Waals surface area contributed by atoms with Crippen LogP contribution in [0.3, 0.4) is 0 Å². The largest absolute Gasteiger partial charge is 0.332 e. The molecule has 1 aliphatic heterocycles. The lowest BCUT2D eigenvalue weighted by molar-refractivity contribution is 0.0730. The highest BCUT2D eigenvalue weighted by atomic mass is 16.2. The van der Waals surface area contributed by atoms with Gasteiger partial charge in [-0.3, -0.25) is 4.79 Å². The minimum absolute atomic E-state index is 0.154. The van der Waals surface area contributed by atoms with Gasteiger partial charge in [-0.15, -0.1) is 0 Å². The predicted octanol–water partition coefficient (Wildman–Crippen LogP) is 2.11. The van der Waals surface area contributed by atoms with E-state index in [4.69, 9.17) is 5.73 Å². The smallest absolute Gasteiger partial charge is 0.254 e. The molecule has 17 heavy (non-hydrogen) atoms. The summed E-state index contributed by atoms with van der Waals surface area (Å²) < 4.78 is 0. The number of hydrogen-bond donors (Lipinski definition) is 1. The number of benzene rings is 1. The molecule has 2 rings (SSSR count). The van der Waals surface area contributed by atoms with E-state index in [1.54, 1.807) is 0 Å². The molecular weight excluding hydrogens is 212 g/mol. The van der Waals surface area contributed by atoms with E-state index in [0.29, 0.717) is 12.5 Å². The number of hydrogen-bond acceptors (Lipinski definition) is 2. The van der Waals surface area contributed by atoms with Gasteiger partial charge < -0.3 is 10.6 Å². The summed E-state index contributed by atoms with van der Waals surface area (Å²) in [6.07, 6.45) is 0. The molecule has 0 aliphatic carbocycles. The van der Waals surface area contributed by atoms with Gasteiger partial charge in [0.2, 0.25) is 0 Å². The van der Waals surface area contributed by atoms with E-state index >= 15 is 0 Å². The summed E-state index contributed by atoms with van der Waals surface area (Å²) in [5.41, 5.74) is 8.82. The molecule has 0 radical (unpaired) electrons. The molecule has 0 spiro atoms. The normalized spacial score (nSPS) is 16.5. The number of nitrogens with zero attached hydrogens (tertiary/aromatic N) is 1. The van der Waals surface area contributed by atoms with Crippen molar-refractivity contribution >= 4 is 5.91 Å². The highest BCUT2D eigenvalue weighted by Crippen LogP contribution is 2.27. The fourth-order valence-corrected chi connectivity index (χ4v) is 2.20. The third-order valence-electron chi connectivity index (χ3n) is 3.51. The second kappa shape index (κ2) is 4.49. The van der Waals surface area contributed by atoms with Crippen molar-refractivity contribution in [1.82, 2.24) is 4.90 Å². The van der Waals surface area contributed by atoms with E-state index < -0.39 is 0 Å². The van der Waals surface area contributed by atoms with Crippen LogP contribution in [0.2, 0.25) is 0 Å². The Morgan fingerprint density at radius 1 is 1.35 bits per heavy atom. The first-order chi connectivity index (χ1) is 8.04. The Labute approximate surface area is 103 Å². The zero-order chi connectivity index (χ0) is 12.6. The van der Waals surface area contributed by atoms with Gasteiger partial charge in [0.05, 0.1) is 0 Å². The maximum atomic E-state index is 12.2. The van der Waals surface area contributed by atoms with Crippen LogP contribution >= 0.6 is 0 Å². The van der Waals surface area contributed by atoms with Gasteiger partial charge in [-0.05, 0) is 43.5 Å². The molecule has 1 aromatic carbocycles. The van der Waals surface area contributed by atoms with Crippen LogP contribution in [-0.2, 0) is 6.54 Å². The van der Waals surface area contributed by atoms with Crippen molar-refractivity contribution in [3.8, 4) is 0 Å². The third-order valence-corrected chi connectivity index (χ3v) is 3.51. The maximum absolute atomic E-state index is 12.2. The van der Waals surface area contributed by atoms with Crippen LogP contribution in [0.25, 0.3) is 0 Å². The highest BCUT2D eigenvalue weighted by Gasteiger charge is 2.29. The summed E-state index contributed by atoms with van der Waals surface area (Å²) in [5.74, 6) is 0.460. The van der Waals surface area contributed by atoms with Crippen LogP contribution in [0.1, 0.15) is 48.2 Å². The number of nitrogens with two attached hydrogens (primary N) is 1. The fraction of sp³-hybridized carbons (Fsp3) is 0.500. The van der Waals surface area contributed by atoms with Crippen molar-refractivity contribution in [3.05, 3.63) is 34.9 Å². The number of amides is 1. The Morgan fingerprint density at radius 3 is 2.65 bits per heavy atom. The lowest BCUT2D eigenvalue weighted by atomic mass is 9.97. The van der Waals surface area contributed by atoms with Gasteiger partial charge in [-0.25, -0.2) is 0 Å². The molecule has 3 nitrogen and oxygen atoms in total. The minimum Gasteiger partial charge on any atom is -0.332 e. The summed E-state index contributed by atoms with van der Waals surface area (Å²) in [7, 11) is 0. The number of fused-ring (bicyclic) bond motifs is 1. The Morgan fingerprint density at radius 2 is 2.06 bits per heavy atom. The van der Waals surface area contributed by atoms with Crippen LogP contribution in [0.15, 0.2) is 18.2 Å². The molecule has 92 valence electrons. The van der Waals surface area contributed by atoms with Gasteiger partial charge in [0, 0.05) is 18.2 Å². The number of rotatable bonds is 3. The molecule has 1 aromatic rings. The van der Waals surface area contributed by atoms with Gasteiger partial charge in [-0.2, -0.15) is 0 Å². The van der Waals surface area contributed by atoms with E-state index in [2.05, 4.69) is 19.1 Å². The molecule has 0 saturated carbocycles. The summed E-state index contributed by atoms with van der Waals surface area (Å²) >= 11 is 0. The van der Waals surface area contributed by atoms with Crippen LogP contribution in [0.5, 0.6) is 0 Å². The summed E-state index contributed by atoms with van der Waals surface area (Å²) in [4.78, 5) is 14.1. The molecule has 2 N–H and O–H groups in total. The lowest BCUT2D eigenvalue weighted by Crippen LogP contribution is -2.30. The summed E-state index contributed by atoms with van der Waals surface area (Å²) in [6.45, 7) is 7.53. The Balaban J connectivity index is 2.34. The first kappa shape index (κ1) is 12.1. The van der Waals surface area contributed by atoms with E-state index in [-0.39, 0.29) is 11.9 Å². The van der Waals surface area contributed by atoms with E-state index in [1.165, 1.54) is 0 Å². The third kappa shape index (κ3) is 2.07. The lowest BCUT2D eigenvalue weighted by Gasteiger charge is -2.19. The molecule has 0 aromatic heterocycles. The van der Waals surface area contributed by atoms with Gasteiger partial charge >= 0.3 is 0 Å². The molecule has 3 heteroatoms. The second-order valence-electron chi connectivity index (χ2n) is 5.08. The predicted molar refractivity (Wildman–Crippen MR) is 68.9 cm³/mol. The zero-order valence-electron chi connectivity index (χ0n) is 10.7. The average molecular weight is 232 g/mol. The van der Waals surface area contributed by atoms with E-state index in [1.807, 2.05) is 24.8 Å². The second-order valence-corrected chi connectivity index (χ2v) is 5.08. The average Bonchev–Trinajstić information content (AvgIpc) is 2.65. The summed E-state index contributed by atoms with van der Waals surface area (Å²) in [5, 5.41) is 0. The van der Waals surface area contributed by atoms with Gasteiger partial charge in [0.1, 0.15) is 0 Å². The molecule has 0 saturated heterocycles. The molecule has 1 aliphatic rings. The molecule has 0 fully saturated rings. The van der Waals surface area contributed by atoms with Crippen molar-refractivity contribution in [2.45, 2.75) is 39.3 Å². The van der Waals surface area contributed by atoms with Gasteiger partial charge in [0.15, 0.2) is 0 Å². The molecule has 1 heterocycles. The molecule has 1 atom stereocenters. The molecular formula is C14H20N2O. The highest BCUT2D eigenvalue weighted by molar-refractivity contribution is 5.98. The van der Waals surface area contributed by atoms with Crippen molar-refractivity contribution in [1.29, 1.82) is 0 Å². The first-order valence-corrected chi connectivity index (χ1v) is 6.18. The van der Waals surface area contributed by atoms with Crippen LogP contribution < -0.4 is 5.73 Å². The minimum atomic E-state index is 0.154. The fourth-order valence-electron chi connectivity index (χ4n) is 2.20. The first-order valence-electron chi connectivity index (χ1n) is 6.18.